The number of aromatic nitrogens is 5. The van der Waals surface area contributed by atoms with Crippen molar-refractivity contribution in [1.29, 1.82) is 0 Å². The molecule has 0 aliphatic rings. The summed E-state index contributed by atoms with van der Waals surface area (Å²) in [7, 11) is 1.88. The number of hydrogen-bond acceptors (Lipinski definition) is 5. The number of H-pyrrole nitrogens is 1. The van der Waals surface area contributed by atoms with Crippen LogP contribution in [0.3, 0.4) is 0 Å². The molecule has 0 saturated carbocycles. The molecule has 0 atom stereocenters. The third-order valence-corrected chi connectivity index (χ3v) is 5.15. The molecule has 5 rings (SSSR count). The van der Waals surface area contributed by atoms with Crippen molar-refractivity contribution in [2.45, 2.75) is 0 Å². The maximum absolute atomic E-state index is 4.86. The van der Waals surface area contributed by atoms with Crippen LogP contribution in [0, 0.1) is 0 Å². The van der Waals surface area contributed by atoms with Gasteiger partial charge in [-0.15, -0.1) is 5.10 Å². The van der Waals surface area contributed by atoms with E-state index >= 15 is 0 Å². The number of hydrogen-bond donors (Lipinski definition) is 1. The molecular formula is C25H20N6. The predicted molar refractivity (Wildman–Crippen MR) is 125 cm³/mol. The summed E-state index contributed by atoms with van der Waals surface area (Å²) in [5.74, 6) is 1.22. The molecule has 0 amide bonds. The SMILES string of the molecule is CN(c1cc(-c2ccccc2)c2cc(C=Cc3ccccc3)ccc2n1)c1nn[nH]n1. The molecule has 2 heterocycles. The second-order valence-corrected chi connectivity index (χ2v) is 7.19. The van der Waals surface area contributed by atoms with Crippen LogP contribution in [-0.2, 0) is 0 Å². The van der Waals surface area contributed by atoms with Gasteiger partial charge in [-0.25, -0.2) is 4.98 Å². The minimum atomic E-state index is 0.466. The maximum atomic E-state index is 4.86. The van der Waals surface area contributed by atoms with Crippen LogP contribution in [0.25, 0.3) is 34.2 Å². The molecule has 0 bridgehead atoms. The standard InChI is InChI=1S/C25H20N6/c1-31(25-27-29-30-28-25)24-17-21(20-10-6-3-7-11-20)22-16-19(14-15-23(22)26-24)13-12-18-8-4-2-5-9-18/h2-17H,1H3,(H,27,28,29,30). The first-order valence-corrected chi connectivity index (χ1v) is 9.98. The minimum Gasteiger partial charge on any atom is -0.295 e. The number of nitrogens with one attached hydrogen (secondary N) is 1. The van der Waals surface area contributed by atoms with Gasteiger partial charge in [0.05, 0.1) is 5.52 Å². The van der Waals surface area contributed by atoms with Gasteiger partial charge in [0.2, 0.25) is 0 Å². The normalized spacial score (nSPS) is 11.3. The summed E-state index contributed by atoms with van der Waals surface area (Å²) in [4.78, 5) is 6.67. The molecule has 6 nitrogen and oxygen atoms in total. The predicted octanol–water partition coefficient (Wildman–Crippen LogP) is 5.35. The van der Waals surface area contributed by atoms with Crippen LogP contribution in [-0.4, -0.2) is 32.7 Å². The molecule has 6 heteroatoms. The van der Waals surface area contributed by atoms with E-state index in [2.05, 4.69) is 81.3 Å². The monoisotopic (exact) mass is 404 g/mol. The molecule has 5 aromatic rings. The van der Waals surface area contributed by atoms with E-state index in [4.69, 9.17) is 4.98 Å². The number of aromatic amines is 1. The highest BCUT2D eigenvalue weighted by molar-refractivity contribution is 5.97. The number of benzene rings is 3. The Morgan fingerprint density at radius 3 is 2.29 bits per heavy atom. The molecule has 0 fully saturated rings. The average Bonchev–Trinajstić information content (AvgIpc) is 3.38. The van der Waals surface area contributed by atoms with Crippen molar-refractivity contribution in [3.05, 3.63) is 96.1 Å². The molecule has 0 aliphatic carbocycles. The van der Waals surface area contributed by atoms with Crippen LogP contribution in [0.1, 0.15) is 11.1 Å². The molecule has 0 spiro atoms. The molecule has 0 saturated heterocycles. The average molecular weight is 404 g/mol. The molecule has 0 radical (unpaired) electrons. The number of tetrazole rings is 1. The highest BCUT2D eigenvalue weighted by Crippen LogP contribution is 2.33. The van der Waals surface area contributed by atoms with E-state index in [1.807, 2.05) is 48.3 Å². The van der Waals surface area contributed by atoms with Gasteiger partial charge in [-0.1, -0.05) is 84.0 Å². The van der Waals surface area contributed by atoms with Gasteiger partial charge >= 0.3 is 0 Å². The largest absolute Gasteiger partial charge is 0.295 e. The van der Waals surface area contributed by atoms with Crippen LogP contribution in [0.2, 0.25) is 0 Å². The molecule has 31 heavy (non-hydrogen) atoms. The summed E-state index contributed by atoms with van der Waals surface area (Å²) in [5.41, 5.74) is 5.42. The quantitative estimate of drug-likeness (QED) is 0.400. The van der Waals surface area contributed by atoms with Gasteiger partial charge in [-0.2, -0.15) is 5.21 Å². The second-order valence-electron chi connectivity index (χ2n) is 7.19. The lowest BCUT2D eigenvalue weighted by Crippen LogP contribution is -2.13. The van der Waals surface area contributed by atoms with Crippen LogP contribution in [0.4, 0.5) is 11.8 Å². The van der Waals surface area contributed by atoms with E-state index in [0.717, 1.165) is 33.4 Å². The van der Waals surface area contributed by atoms with Gasteiger partial charge < -0.3 is 0 Å². The van der Waals surface area contributed by atoms with E-state index in [1.165, 1.54) is 5.56 Å². The van der Waals surface area contributed by atoms with Crippen molar-refractivity contribution in [3.8, 4) is 11.1 Å². The summed E-state index contributed by atoms with van der Waals surface area (Å²) in [5, 5.41) is 15.4. The Bertz CT molecular complexity index is 1330. The number of nitrogens with zero attached hydrogens (tertiary/aromatic N) is 5. The molecule has 0 aliphatic heterocycles. The zero-order valence-electron chi connectivity index (χ0n) is 17.0. The van der Waals surface area contributed by atoms with Gasteiger partial charge in [0, 0.05) is 12.4 Å². The lowest BCUT2D eigenvalue weighted by atomic mass is 9.99. The number of rotatable bonds is 5. The third-order valence-electron chi connectivity index (χ3n) is 5.15. The Morgan fingerprint density at radius 2 is 1.55 bits per heavy atom. The number of fused-ring (bicyclic) bond motifs is 1. The number of pyridine rings is 1. The van der Waals surface area contributed by atoms with E-state index in [9.17, 15) is 0 Å². The van der Waals surface area contributed by atoms with Crippen molar-refractivity contribution in [1.82, 2.24) is 25.6 Å². The second kappa shape index (κ2) is 8.20. The first kappa shape index (κ1) is 18.7. The molecule has 1 N–H and O–H groups in total. The highest BCUT2D eigenvalue weighted by Gasteiger charge is 2.14. The van der Waals surface area contributed by atoms with Crippen LogP contribution < -0.4 is 4.90 Å². The Balaban J connectivity index is 1.63. The lowest BCUT2D eigenvalue weighted by molar-refractivity contribution is 0.881. The van der Waals surface area contributed by atoms with Gasteiger partial charge in [-0.05, 0) is 45.7 Å². The summed E-state index contributed by atoms with van der Waals surface area (Å²) < 4.78 is 0. The zero-order chi connectivity index (χ0) is 21.0. The molecule has 150 valence electrons. The molecule has 2 aromatic heterocycles. The van der Waals surface area contributed by atoms with Crippen molar-refractivity contribution < 1.29 is 0 Å². The van der Waals surface area contributed by atoms with Gasteiger partial charge in [0.15, 0.2) is 0 Å². The minimum absolute atomic E-state index is 0.466. The Kier molecular flexibility index (Phi) is 4.94. The van der Waals surface area contributed by atoms with Crippen molar-refractivity contribution in [2.75, 3.05) is 11.9 Å². The maximum Gasteiger partial charge on any atom is 0.271 e. The number of anilines is 2. The van der Waals surface area contributed by atoms with Crippen LogP contribution >= 0.6 is 0 Å². The smallest absolute Gasteiger partial charge is 0.271 e. The third kappa shape index (κ3) is 3.91. The van der Waals surface area contributed by atoms with Crippen molar-refractivity contribution in [2.24, 2.45) is 0 Å². The van der Waals surface area contributed by atoms with Crippen LogP contribution in [0.15, 0.2) is 84.9 Å². The van der Waals surface area contributed by atoms with Crippen molar-refractivity contribution in [3.63, 3.8) is 0 Å². The summed E-state index contributed by atoms with van der Waals surface area (Å²) in [6, 6.07) is 29.0. The molecule has 3 aromatic carbocycles. The van der Waals surface area contributed by atoms with Gasteiger partial charge in [0.25, 0.3) is 5.95 Å². The summed E-state index contributed by atoms with van der Waals surface area (Å²) in [6.07, 6.45) is 4.25. The van der Waals surface area contributed by atoms with Crippen LogP contribution in [0.5, 0.6) is 0 Å². The van der Waals surface area contributed by atoms with E-state index in [-0.39, 0.29) is 0 Å². The summed E-state index contributed by atoms with van der Waals surface area (Å²) in [6.45, 7) is 0. The van der Waals surface area contributed by atoms with Gasteiger partial charge in [-0.3, -0.25) is 4.90 Å². The Hall–Kier alpha value is -4.32. The van der Waals surface area contributed by atoms with E-state index in [0.29, 0.717) is 5.95 Å². The summed E-state index contributed by atoms with van der Waals surface area (Å²) >= 11 is 0. The molecule has 0 unspecified atom stereocenters. The fourth-order valence-corrected chi connectivity index (χ4v) is 3.52. The lowest BCUT2D eigenvalue weighted by Gasteiger charge is -2.17. The Labute approximate surface area is 179 Å². The fourth-order valence-electron chi connectivity index (χ4n) is 3.52. The fraction of sp³-hybridized carbons (Fsp3) is 0.0400. The topological polar surface area (TPSA) is 70.6 Å². The van der Waals surface area contributed by atoms with Crippen molar-refractivity contribution >= 4 is 34.8 Å². The zero-order valence-corrected chi connectivity index (χ0v) is 17.0. The van der Waals surface area contributed by atoms with Gasteiger partial charge in [0.1, 0.15) is 5.82 Å². The first-order valence-electron chi connectivity index (χ1n) is 9.98. The highest BCUT2D eigenvalue weighted by atomic mass is 15.5. The van der Waals surface area contributed by atoms with E-state index < -0.39 is 0 Å². The first-order chi connectivity index (χ1) is 15.3. The Morgan fingerprint density at radius 1 is 0.806 bits per heavy atom. The molecular weight excluding hydrogens is 384 g/mol. The van der Waals surface area contributed by atoms with E-state index in [1.54, 1.807) is 0 Å².